The van der Waals surface area contributed by atoms with Gasteiger partial charge in [-0.2, -0.15) is 0 Å². The van der Waals surface area contributed by atoms with E-state index in [0.29, 0.717) is 12.0 Å². The van der Waals surface area contributed by atoms with E-state index in [1.54, 1.807) is 0 Å². The minimum Gasteiger partial charge on any atom is -0.317 e. The fraction of sp³-hybridized carbons (Fsp3) is 0.818. The molecule has 0 aliphatic heterocycles. The Bertz CT molecular complexity index is 130. The molecule has 0 saturated carbocycles. The molecule has 0 bridgehead atoms. The van der Waals surface area contributed by atoms with Gasteiger partial charge >= 0.3 is 0 Å². The third kappa shape index (κ3) is 7.15. The van der Waals surface area contributed by atoms with Crippen LogP contribution < -0.4 is 5.32 Å². The summed E-state index contributed by atoms with van der Waals surface area (Å²) in [5.74, 6) is 1.86. The average molecular weight is 201 g/mol. The maximum Gasteiger partial charge on any atom is 0.00669 e. The van der Waals surface area contributed by atoms with Crippen molar-refractivity contribution in [3.05, 3.63) is 11.5 Å². The van der Waals surface area contributed by atoms with Gasteiger partial charge in [0.05, 0.1) is 0 Å². The maximum atomic E-state index is 3.33. The monoisotopic (exact) mass is 201 g/mol. The standard InChI is InChI=1S/C11H23NS/c1-5-11(12-4)9-10(3)7-8-13-6-2/h7-8,10-12H,5-6,9H2,1-4H3/b8-7-. The zero-order valence-electron chi connectivity index (χ0n) is 9.34. The molecule has 0 heterocycles. The summed E-state index contributed by atoms with van der Waals surface area (Å²) in [6, 6.07) is 0.672. The molecule has 1 N–H and O–H groups in total. The lowest BCUT2D eigenvalue weighted by molar-refractivity contribution is 0.457. The van der Waals surface area contributed by atoms with E-state index in [1.165, 1.54) is 18.6 Å². The van der Waals surface area contributed by atoms with E-state index in [4.69, 9.17) is 0 Å². The largest absolute Gasteiger partial charge is 0.317 e. The van der Waals surface area contributed by atoms with Gasteiger partial charge in [0.1, 0.15) is 0 Å². The van der Waals surface area contributed by atoms with Crippen molar-refractivity contribution in [2.45, 2.75) is 39.7 Å². The fourth-order valence-corrected chi connectivity index (χ4v) is 1.87. The van der Waals surface area contributed by atoms with Crippen molar-refractivity contribution in [3.8, 4) is 0 Å². The number of hydrogen-bond acceptors (Lipinski definition) is 2. The molecule has 2 unspecified atom stereocenters. The van der Waals surface area contributed by atoms with E-state index < -0.39 is 0 Å². The Labute approximate surface area is 87.4 Å². The predicted octanol–water partition coefficient (Wildman–Crippen LogP) is 3.28. The molecule has 0 aromatic heterocycles. The number of nitrogens with one attached hydrogen (secondary N) is 1. The molecular formula is C11H23NS. The molecule has 1 nitrogen and oxygen atoms in total. The lowest BCUT2D eigenvalue weighted by atomic mass is 10.0. The Balaban J connectivity index is 3.64. The molecule has 0 rings (SSSR count). The third-order valence-corrected chi connectivity index (χ3v) is 2.91. The van der Waals surface area contributed by atoms with Crippen LogP contribution in [0.25, 0.3) is 0 Å². The summed E-state index contributed by atoms with van der Waals surface area (Å²) in [4.78, 5) is 0. The summed E-state index contributed by atoms with van der Waals surface area (Å²) in [6.45, 7) is 6.70. The van der Waals surface area contributed by atoms with Crippen LogP contribution in [0.1, 0.15) is 33.6 Å². The van der Waals surface area contributed by atoms with E-state index in [2.05, 4.69) is 37.6 Å². The molecule has 2 atom stereocenters. The van der Waals surface area contributed by atoms with Crippen molar-refractivity contribution >= 4 is 11.8 Å². The van der Waals surface area contributed by atoms with Crippen LogP contribution in [-0.4, -0.2) is 18.8 Å². The highest BCUT2D eigenvalue weighted by atomic mass is 32.2. The Morgan fingerprint density at radius 1 is 1.38 bits per heavy atom. The van der Waals surface area contributed by atoms with Gasteiger partial charge < -0.3 is 5.32 Å². The molecule has 0 aliphatic carbocycles. The number of allylic oxidation sites excluding steroid dienone is 1. The van der Waals surface area contributed by atoms with E-state index >= 15 is 0 Å². The Morgan fingerprint density at radius 3 is 2.54 bits per heavy atom. The number of rotatable bonds is 7. The molecular weight excluding hydrogens is 178 g/mol. The van der Waals surface area contributed by atoms with Crippen LogP contribution in [0.15, 0.2) is 11.5 Å². The molecule has 2 heteroatoms. The van der Waals surface area contributed by atoms with Crippen LogP contribution in [-0.2, 0) is 0 Å². The van der Waals surface area contributed by atoms with Crippen LogP contribution in [0, 0.1) is 5.92 Å². The van der Waals surface area contributed by atoms with Crippen molar-refractivity contribution in [2.75, 3.05) is 12.8 Å². The predicted molar refractivity (Wildman–Crippen MR) is 64.2 cm³/mol. The van der Waals surface area contributed by atoms with Crippen LogP contribution >= 0.6 is 11.8 Å². The van der Waals surface area contributed by atoms with Crippen molar-refractivity contribution < 1.29 is 0 Å². The first-order valence-electron chi connectivity index (χ1n) is 5.20. The molecule has 13 heavy (non-hydrogen) atoms. The first-order chi connectivity index (χ1) is 6.24. The minimum atomic E-state index is 0.672. The molecule has 0 spiro atoms. The van der Waals surface area contributed by atoms with Crippen molar-refractivity contribution in [1.29, 1.82) is 0 Å². The van der Waals surface area contributed by atoms with Gasteiger partial charge in [0, 0.05) is 6.04 Å². The first kappa shape index (κ1) is 13.1. The van der Waals surface area contributed by atoms with E-state index in [-0.39, 0.29) is 0 Å². The number of thioether (sulfide) groups is 1. The minimum absolute atomic E-state index is 0.672. The Hall–Kier alpha value is 0.0500. The molecule has 0 fully saturated rings. The summed E-state index contributed by atoms with van der Waals surface area (Å²) >= 11 is 1.88. The third-order valence-electron chi connectivity index (χ3n) is 2.23. The molecule has 0 radical (unpaired) electrons. The fourth-order valence-electron chi connectivity index (χ4n) is 1.30. The van der Waals surface area contributed by atoms with E-state index in [1.807, 2.05) is 18.8 Å². The van der Waals surface area contributed by atoms with E-state index in [0.717, 1.165) is 0 Å². The molecule has 0 aromatic rings. The van der Waals surface area contributed by atoms with Gasteiger partial charge in [-0.25, -0.2) is 0 Å². The lowest BCUT2D eigenvalue weighted by Crippen LogP contribution is -2.25. The van der Waals surface area contributed by atoms with Gasteiger partial charge in [0.15, 0.2) is 0 Å². The molecule has 0 aromatic carbocycles. The lowest BCUT2D eigenvalue weighted by Gasteiger charge is -2.16. The zero-order chi connectivity index (χ0) is 10.1. The van der Waals surface area contributed by atoms with Crippen LogP contribution in [0.5, 0.6) is 0 Å². The van der Waals surface area contributed by atoms with Crippen molar-refractivity contribution in [1.82, 2.24) is 5.32 Å². The highest BCUT2D eigenvalue weighted by Gasteiger charge is 2.06. The second-order valence-electron chi connectivity index (χ2n) is 3.39. The van der Waals surface area contributed by atoms with Gasteiger partial charge in [-0.05, 0) is 37.0 Å². The molecule has 78 valence electrons. The van der Waals surface area contributed by atoms with Gasteiger partial charge in [-0.1, -0.05) is 26.8 Å². The summed E-state index contributed by atoms with van der Waals surface area (Å²) in [6.07, 6.45) is 4.78. The summed E-state index contributed by atoms with van der Waals surface area (Å²) in [5.41, 5.74) is 0. The van der Waals surface area contributed by atoms with Gasteiger partial charge in [-0.15, -0.1) is 11.8 Å². The maximum absolute atomic E-state index is 3.33. The highest BCUT2D eigenvalue weighted by molar-refractivity contribution is 8.02. The van der Waals surface area contributed by atoms with Crippen LogP contribution in [0.4, 0.5) is 0 Å². The summed E-state index contributed by atoms with van der Waals surface area (Å²) < 4.78 is 0. The first-order valence-corrected chi connectivity index (χ1v) is 6.24. The topological polar surface area (TPSA) is 12.0 Å². The van der Waals surface area contributed by atoms with Crippen molar-refractivity contribution in [2.24, 2.45) is 5.92 Å². The quantitative estimate of drug-likeness (QED) is 0.678. The summed E-state index contributed by atoms with van der Waals surface area (Å²) in [5, 5.41) is 5.56. The zero-order valence-corrected chi connectivity index (χ0v) is 10.2. The Morgan fingerprint density at radius 2 is 2.08 bits per heavy atom. The van der Waals surface area contributed by atoms with Gasteiger partial charge in [-0.3, -0.25) is 0 Å². The molecule has 0 aliphatic rings. The van der Waals surface area contributed by atoms with E-state index in [9.17, 15) is 0 Å². The number of hydrogen-bond donors (Lipinski definition) is 1. The van der Waals surface area contributed by atoms with Crippen molar-refractivity contribution in [3.63, 3.8) is 0 Å². The SMILES string of the molecule is CCS/C=C\C(C)CC(CC)NC. The Kier molecular flexibility index (Phi) is 8.67. The van der Waals surface area contributed by atoms with Gasteiger partial charge in [0.2, 0.25) is 0 Å². The van der Waals surface area contributed by atoms with Gasteiger partial charge in [0.25, 0.3) is 0 Å². The smallest absolute Gasteiger partial charge is 0.00669 e. The second-order valence-corrected chi connectivity index (χ2v) is 4.57. The van der Waals surface area contributed by atoms with Crippen LogP contribution in [0.2, 0.25) is 0 Å². The molecule has 0 saturated heterocycles. The second kappa shape index (κ2) is 8.64. The average Bonchev–Trinajstić information content (AvgIpc) is 2.14. The highest BCUT2D eigenvalue weighted by Crippen LogP contribution is 2.12. The summed E-state index contributed by atoms with van der Waals surface area (Å²) in [7, 11) is 2.05. The normalized spacial score (nSPS) is 16.3. The van der Waals surface area contributed by atoms with Crippen LogP contribution in [0.3, 0.4) is 0 Å². The molecule has 0 amide bonds.